The summed E-state index contributed by atoms with van der Waals surface area (Å²) >= 11 is 0. The van der Waals surface area contributed by atoms with Gasteiger partial charge in [0.05, 0.1) is 23.0 Å². The summed E-state index contributed by atoms with van der Waals surface area (Å²) in [5, 5.41) is 4.24. The summed E-state index contributed by atoms with van der Waals surface area (Å²) in [4.78, 5) is 31.4. The number of aromatic nitrogens is 1. The zero-order chi connectivity index (χ0) is 27.7. The minimum absolute atomic E-state index is 0.0687. The molecule has 1 aliphatic rings. The molecule has 202 valence electrons. The third-order valence-corrected chi connectivity index (χ3v) is 7.80. The highest BCUT2D eigenvalue weighted by Gasteiger charge is 2.40. The fraction of sp³-hybridized carbons (Fsp3) is 0.312. The van der Waals surface area contributed by atoms with E-state index in [-0.39, 0.29) is 17.4 Å². The van der Waals surface area contributed by atoms with Crippen LogP contribution in [0.2, 0.25) is 0 Å². The van der Waals surface area contributed by atoms with Crippen LogP contribution < -0.4 is 10.2 Å². The molecule has 0 saturated carbocycles. The van der Waals surface area contributed by atoms with Crippen molar-refractivity contribution in [1.82, 2.24) is 9.47 Å². The van der Waals surface area contributed by atoms with Gasteiger partial charge in [0.25, 0.3) is 5.91 Å². The highest BCUT2D eigenvalue weighted by molar-refractivity contribution is 5.99. The van der Waals surface area contributed by atoms with Crippen molar-refractivity contribution in [2.24, 2.45) is 5.92 Å². The summed E-state index contributed by atoms with van der Waals surface area (Å²) in [6.07, 6.45) is 3.32. The first kappa shape index (κ1) is 26.5. The Hall–Kier alpha value is -4.13. The summed E-state index contributed by atoms with van der Waals surface area (Å²) in [5.41, 5.74) is 4.31. The number of piperidine rings is 1. The Labute approximate surface area is 229 Å². The van der Waals surface area contributed by atoms with Crippen molar-refractivity contribution < 1.29 is 14.0 Å². The molecule has 0 aliphatic carbocycles. The van der Waals surface area contributed by atoms with Crippen LogP contribution in [0, 0.1) is 18.7 Å². The van der Waals surface area contributed by atoms with E-state index in [9.17, 15) is 14.0 Å². The van der Waals surface area contributed by atoms with Crippen molar-refractivity contribution in [3.8, 4) is 0 Å². The summed E-state index contributed by atoms with van der Waals surface area (Å²) in [6, 6.07) is 20.0. The molecule has 6 nitrogen and oxygen atoms in total. The molecule has 39 heavy (non-hydrogen) atoms. The van der Waals surface area contributed by atoms with Crippen LogP contribution >= 0.6 is 0 Å². The highest BCUT2D eigenvalue weighted by atomic mass is 19.1. The van der Waals surface area contributed by atoms with E-state index in [1.807, 2.05) is 67.7 Å². The molecular formula is C32H35FN4O2. The van der Waals surface area contributed by atoms with Crippen LogP contribution in [-0.4, -0.2) is 41.9 Å². The van der Waals surface area contributed by atoms with Crippen molar-refractivity contribution in [2.75, 3.05) is 30.9 Å². The molecule has 0 bridgehead atoms. The zero-order valence-electron chi connectivity index (χ0n) is 22.9. The second-order valence-electron chi connectivity index (χ2n) is 10.5. The molecule has 1 saturated heterocycles. The third kappa shape index (κ3) is 5.13. The Morgan fingerprint density at radius 2 is 1.82 bits per heavy atom. The number of nitrogens with zero attached hydrogens (tertiary/aromatic N) is 3. The molecule has 1 aromatic heterocycles. The molecule has 1 unspecified atom stereocenters. The minimum atomic E-state index is -0.541. The van der Waals surface area contributed by atoms with Crippen LogP contribution in [-0.2, 0) is 11.3 Å². The Kier molecular flexibility index (Phi) is 7.42. The number of rotatable bonds is 6. The van der Waals surface area contributed by atoms with Gasteiger partial charge in [0.15, 0.2) is 0 Å². The first-order valence-corrected chi connectivity index (χ1v) is 13.5. The fourth-order valence-corrected chi connectivity index (χ4v) is 5.70. The number of benzene rings is 3. The summed E-state index contributed by atoms with van der Waals surface area (Å²) in [6.45, 7) is 5.11. The van der Waals surface area contributed by atoms with Gasteiger partial charge in [-0.05, 0) is 79.6 Å². The van der Waals surface area contributed by atoms with E-state index in [0.29, 0.717) is 24.9 Å². The molecule has 1 N–H and O–H groups in total. The predicted octanol–water partition coefficient (Wildman–Crippen LogP) is 6.41. The molecule has 7 heteroatoms. The van der Waals surface area contributed by atoms with E-state index in [4.69, 9.17) is 0 Å². The smallest absolute Gasteiger partial charge is 0.257 e. The number of amides is 2. The van der Waals surface area contributed by atoms with Gasteiger partial charge in [-0.25, -0.2) is 4.39 Å². The maximum Gasteiger partial charge on any atom is 0.257 e. The average molecular weight is 527 g/mol. The van der Waals surface area contributed by atoms with Gasteiger partial charge in [0, 0.05) is 44.8 Å². The van der Waals surface area contributed by atoms with Gasteiger partial charge in [-0.15, -0.1) is 0 Å². The molecule has 5 rings (SSSR count). The van der Waals surface area contributed by atoms with Crippen molar-refractivity contribution in [3.63, 3.8) is 0 Å². The first-order chi connectivity index (χ1) is 18.8. The second-order valence-corrected chi connectivity index (χ2v) is 10.5. The Morgan fingerprint density at radius 1 is 1.05 bits per heavy atom. The van der Waals surface area contributed by atoms with E-state index in [1.54, 1.807) is 24.0 Å². The molecule has 2 amide bonds. The largest absolute Gasteiger partial charge is 0.378 e. The topological polar surface area (TPSA) is 57.6 Å². The van der Waals surface area contributed by atoms with Gasteiger partial charge in [-0.2, -0.15) is 0 Å². The number of likely N-dealkylation sites (tertiary alicyclic amines) is 1. The maximum atomic E-state index is 14.9. The van der Waals surface area contributed by atoms with Crippen LogP contribution in [0.3, 0.4) is 0 Å². The number of carbonyl (C=O) groups excluding carboxylic acids is 2. The molecule has 2 atom stereocenters. The lowest BCUT2D eigenvalue weighted by Crippen LogP contribution is -2.46. The highest BCUT2D eigenvalue weighted by Crippen LogP contribution is 2.39. The first-order valence-electron chi connectivity index (χ1n) is 13.5. The normalized spacial score (nSPS) is 17.3. The molecule has 0 spiro atoms. The van der Waals surface area contributed by atoms with Crippen molar-refractivity contribution in [2.45, 2.75) is 39.3 Å². The van der Waals surface area contributed by atoms with E-state index < -0.39 is 17.8 Å². The predicted molar refractivity (Wildman–Crippen MR) is 155 cm³/mol. The van der Waals surface area contributed by atoms with E-state index in [2.05, 4.69) is 22.9 Å². The van der Waals surface area contributed by atoms with Gasteiger partial charge in [-0.1, -0.05) is 30.3 Å². The monoisotopic (exact) mass is 526 g/mol. The number of anilines is 2. The lowest BCUT2D eigenvalue weighted by atomic mass is 9.83. The Balaban J connectivity index is 1.51. The second kappa shape index (κ2) is 10.9. The van der Waals surface area contributed by atoms with E-state index in [1.165, 1.54) is 6.07 Å². The van der Waals surface area contributed by atoms with Crippen LogP contribution in [0.25, 0.3) is 10.9 Å². The standard InChI is InChI=1S/C32H35FN4O2/c1-5-36-19-17-22-11-14-24(20-28(22)36)34-31(38)26-9-7-18-37(32(39)29-21(2)8-6-10-27(29)33)30(26)23-12-15-25(16-13-23)35(3)4/h6,8,10-17,19-20,26,30H,5,7,9,18H2,1-4H3,(H,34,38)/t26?,30-/m0/s1. The number of nitrogens with one attached hydrogen (secondary N) is 1. The summed E-state index contributed by atoms with van der Waals surface area (Å²) < 4.78 is 17.0. The van der Waals surface area contributed by atoms with Gasteiger partial charge in [-0.3, -0.25) is 9.59 Å². The van der Waals surface area contributed by atoms with E-state index >= 15 is 0 Å². The molecule has 4 aromatic rings. The third-order valence-electron chi connectivity index (χ3n) is 7.80. The molecule has 2 heterocycles. The molecule has 3 aromatic carbocycles. The lowest BCUT2D eigenvalue weighted by molar-refractivity contribution is -0.123. The van der Waals surface area contributed by atoms with Crippen molar-refractivity contribution in [3.05, 3.63) is 95.4 Å². The van der Waals surface area contributed by atoms with Crippen LogP contribution in [0.1, 0.15) is 47.3 Å². The Morgan fingerprint density at radius 3 is 2.51 bits per heavy atom. The Bertz CT molecular complexity index is 1490. The molecule has 1 fully saturated rings. The lowest BCUT2D eigenvalue weighted by Gasteiger charge is -2.41. The van der Waals surface area contributed by atoms with Crippen molar-refractivity contribution in [1.29, 1.82) is 0 Å². The molecule has 1 aliphatic heterocycles. The van der Waals surface area contributed by atoms with Gasteiger partial charge >= 0.3 is 0 Å². The minimum Gasteiger partial charge on any atom is -0.378 e. The number of aryl methyl sites for hydroxylation is 2. The number of carbonyl (C=O) groups is 2. The van der Waals surface area contributed by atoms with Crippen LogP contribution in [0.15, 0.2) is 72.9 Å². The van der Waals surface area contributed by atoms with Gasteiger partial charge < -0.3 is 19.7 Å². The fourth-order valence-electron chi connectivity index (χ4n) is 5.70. The van der Waals surface area contributed by atoms with Crippen LogP contribution in [0.4, 0.5) is 15.8 Å². The van der Waals surface area contributed by atoms with Gasteiger partial charge in [0.2, 0.25) is 5.91 Å². The number of halogens is 1. The van der Waals surface area contributed by atoms with Crippen molar-refractivity contribution >= 4 is 34.1 Å². The number of hydrogen-bond acceptors (Lipinski definition) is 3. The summed E-state index contributed by atoms with van der Waals surface area (Å²) in [7, 11) is 3.93. The van der Waals surface area contributed by atoms with E-state index in [0.717, 1.165) is 34.4 Å². The SMILES string of the molecule is CCn1ccc2ccc(NC(=O)C3CCCN(C(=O)c4c(C)cccc4F)[C@H]3c3ccc(N(C)C)cc3)cc21. The average Bonchev–Trinajstić information content (AvgIpc) is 3.35. The zero-order valence-corrected chi connectivity index (χ0v) is 22.9. The quantitative estimate of drug-likeness (QED) is 0.316. The molecule has 0 radical (unpaired) electrons. The van der Waals surface area contributed by atoms with Gasteiger partial charge in [0.1, 0.15) is 5.82 Å². The van der Waals surface area contributed by atoms with Crippen LogP contribution in [0.5, 0.6) is 0 Å². The molecular weight excluding hydrogens is 491 g/mol. The number of fused-ring (bicyclic) bond motifs is 1. The summed E-state index contributed by atoms with van der Waals surface area (Å²) in [5.74, 6) is -1.56. The number of hydrogen-bond donors (Lipinski definition) is 1. The maximum absolute atomic E-state index is 14.9.